The quantitative estimate of drug-likeness (QED) is 0.679. The fourth-order valence-corrected chi connectivity index (χ4v) is 1.46. The zero-order valence-corrected chi connectivity index (χ0v) is 8.64. The Kier molecular flexibility index (Phi) is 4.37. The molecule has 0 unspecified atom stereocenters. The maximum Gasteiger partial charge on any atom is 0.0340 e. The van der Waals surface area contributed by atoms with E-state index in [1.807, 2.05) is 7.05 Å². The first kappa shape index (κ1) is 10.1. The smallest absolute Gasteiger partial charge is 0.0340 e. The molecule has 1 rings (SSSR count). The van der Waals surface area contributed by atoms with Gasteiger partial charge in [0, 0.05) is 12.7 Å². The van der Waals surface area contributed by atoms with Crippen molar-refractivity contribution in [1.29, 1.82) is 0 Å². The van der Waals surface area contributed by atoms with Crippen LogP contribution in [0.2, 0.25) is 0 Å². The number of nitrogens with one attached hydrogen (secondary N) is 1. The fraction of sp³-hybridized carbons (Fsp3) is 0.500. The van der Waals surface area contributed by atoms with Crippen LogP contribution < -0.4 is 5.32 Å². The standard InChI is InChI=1S/C12H19N/c1-3-4-5-7-11-8-6-9-12(10-11)13-2/h6,8-10,13H,3-5,7H2,1-2H3. The van der Waals surface area contributed by atoms with Gasteiger partial charge in [-0.05, 0) is 30.5 Å². The van der Waals surface area contributed by atoms with E-state index < -0.39 is 0 Å². The lowest BCUT2D eigenvalue weighted by atomic mass is 10.1. The molecule has 0 aliphatic rings. The van der Waals surface area contributed by atoms with E-state index in [-0.39, 0.29) is 0 Å². The summed E-state index contributed by atoms with van der Waals surface area (Å²) in [6, 6.07) is 8.66. The second-order valence-electron chi connectivity index (χ2n) is 3.41. The first-order chi connectivity index (χ1) is 6.36. The summed E-state index contributed by atoms with van der Waals surface area (Å²) in [6.07, 6.45) is 5.16. The van der Waals surface area contributed by atoms with E-state index in [4.69, 9.17) is 0 Å². The molecule has 0 amide bonds. The number of aryl methyl sites for hydroxylation is 1. The van der Waals surface area contributed by atoms with Crippen LogP contribution in [0.5, 0.6) is 0 Å². The lowest BCUT2D eigenvalue weighted by molar-refractivity contribution is 0.717. The Morgan fingerprint density at radius 1 is 1.23 bits per heavy atom. The SMILES string of the molecule is CCCCCc1cccc(NC)c1. The third-order valence-corrected chi connectivity index (χ3v) is 2.28. The topological polar surface area (TPSA) is 12.0 Å². The van der Waals surface area contributed by atoms with Crippen molar-refractivity contribution in [1.82, 2.24) is 0 Å². The molecule has 0 radical (unpaired) electrons. The molecule has 0 fully saturated rings. The van der Waals surface area contributed by atoms with Crippen LogP contribution >= 0.6 is 0 Å². The molecule has 0 spiro atoms. The van der Waals surface area contributed by atoms with Crippen molar-refractivity contribution < 1.29 is 0 Å². The highest BCUT2D eigenvalue weighted by atomic mass is 14.8. The minimum Gasteiger partial charge on any atom is -0.388 e. The Balaban J connectivity index is 2.46. The molecule has 72 valence electrons. The van der Waals surface area contributed by atoms with E-state index >= 15 is 0 Å². The molecule has 0 saturated heterocycles. The molecule has 1 heteroatoms. The maximum atomic E-state index is 3.16. The van der Waals surface area contributed by atoms with Crippen molar-refractivity contribution in [3.63, 3.8) is 0 Å². The predicted octanol–water partition coefficient (Wildman–Crippen LogP) is 3.46. The molecule has 1 aromatic rings. The zero-order chi connectivity index (χ0) is 9.52. The second kappa shape index (κ2) is 5.63. The normalized spacial score (nSPS) is 10.0. The molecule has 0 aliphatic heterocycles. The lowest BCUT2D eigenvalue weighted by Gasteiger charge is -2.03. The summed E-state index contributed by atoms with van der Waals surface area (Å²) >= 11 is 0. The monoisotopic (exact) mass is 177 g/mol. The number of anilines is 1. The van der Waals surface area contributed by atoms with Crippen LogP contribution in [0.1, 0.15) is 31.7 Å². The van der Waals surface area contributed by atoms with Crippen molar-refractivity contribution in [3.05, 3.63) is 29.8 Å². The van der Waals surface area contributed by atoms with E-state index in [9.17, 15) is 0 Å². The number of rotatable bonds is 5. The van der Waals surface area contributed by atoms with E-state index in [0.29, 0.717) is 0 Å². The summed E-state index contributed by atoms with van der Waals surface area (Å²) in [5.74, 6) is 0. The first-order valence-corrected chi connectivity index (χ1v) is 5.13. The summed E-state index contributed by atoms with van der Waals surface area (Å²) in [4.78, 5) is 0. The molecule has 1 N–H and O–H groups in total. The third kappa shape index (κ3) is 3.49. The molecule has 0 heterocycles. The van der Waals surface area contributed by atoms with E-state index in [2.05, 4.69) is 36.5 Å². The van der Waals surface area contributed by atoms with Gasteiger partial charge in [-0.1, -0.05) is 31.9 Å². The summed E-state index contributed by atoms with van der Waals surface area (Å²) in [6.45, 7) is 2.24. The molecule has 0 bridgehead atoms. The highest BCUT2D eigenvalue weighted by molar-refractivity contribution is 5.44. The Hall–Kier alpha value is -0.980. The highest BCUT2D eigenvalue weighted by Gasteiger charge is 1.93. The molecule has 0 atom stereocenters. The van der Waals surface area contributed by atoms with Gasteiger partial charge in [-0.3, -0.25) is 0 Å². The van der Waals surface area contributed by atoms with Gasteiger partial charge in [0.2, 0.25) is 0 Å². The molecule has 0 aromatic heterocycles. The summed E-state index contributed by atoms with van der Waals surface area (Å²) in [5.41, 5.74) is 2.66. The average Bonchev–Trinajstić information content (AvgIpc) is 2.19. The third-order valence-electron chi connectivity index (χ3n) is 2.28. The number of benzene rings is 1. The van der Waals surface area contributed by atoms with Gasteiger partial charge in [-0.15, -0.1) is 0 Å². The van der Waals surface area contributed by atoms with Gasteiger partial charge in [-0.25, -0.2) is 0 Å². The van der Waals surface area contributed by atoms with E-state index in [1.54, 1.807) is 0 Å². The van der Waals surface area contributed by atoms with Crippen LogP contribution in [0.15, 0.2) is 24.3 Å². The molecule has 1 nitrogen and oxygen atoms in total. The average molecular weight is 177 g/mol. The maximum absolute atomic E-state index is 3.16. The van der Waals surface area contributed by atoms with Crippen LogP contribution in [0.25, 0.3) is 0 Å². The van der Waals surface area contributed by atoms with Gasteiger partial charge in [0.1, 0.15) is 0 Å². The van der Waals surface area contributed by atoms with Gasteiger partial charge in [0.15, 0.2) is 0 Å². The number of hydrogen-bond donors (Lipinski definition) is 1. The highest BCUT2D eigenvalue weighted by Crippen LogP contribution is 2.12. The van der Waals surface area contributed by atoms with Gasteiger partial charge in [0.25, 0.3) is 0 Å². The first-order valence-electron chi connectivity index (χ1n) is 5.13. The Morgan fingerprint density at radius 3 is 2.77 bits per heavy atom. The van der Waals surface area contributed by atoms with Gasteiger partial charge < -0.3 is 5.32 Å². The van der Waals surface area contributed by atoms with Crippen LogP contribution in [0.4, 0.5) is 5.69 Å². The lowest BCUT2D eigenvalue weighted by Crippen LogP contribution is -1.90. The van der Waals surface area contributed by atoms with Crippen molar-refractivity contribution in [3.8, 4) is 0 Å². The van der Waals surface area contributed by atoms with Crippen LogP contribution in [0.3, 0.4) is 0 Å². The van der Waals surface area contributed by atoms with Gasteiger partial charge >= 0.3 is 0 Å². The van der Waals surface area contributed by atoms with E-state index in [1.165, 1.54) is 36.9 Å². The molecule has 1 aromatic carbocycles. The Morgan fingerprint density at radius 2 is 2.08 bits per heavy atom. The van der Waals surface area contributed by atoms with Gasteiger partial charge in [0.05, 0.1) is 0 Å². The molecular formula is C12H19N. The molecule has 0 saturated carbocycles. The summed E-state index contributed by atoms with van der Waals surface area (Å²) < 4.78 is 0. The van der Waals surface area contributed by atoms with Crippen molar-refractivity contribution >= 4 is 5.69 Å². The zero-order valence-electron chi connectivity index (χ0n) is 8.64. The molecule has 0 aliphatic carbocycles. The predicted molar refractivity (Wildman–Crippen MR) is 59.2 cm³/mol. The van der Waals surface area contributed by atoms with Crippen LogP contribution in [0, 0.1) is 0 Å². The van der Waals surface area contributed by atoms with Crippen molar-refractivity contribution in [2.75, 3.05) is 12.4 Å². The molecular weight excluding hydrogens is 158 g/mol. The minimum atomic E-state index is 1.21. The van der Waals surface area contributed by atoms with Crippen molar-refractivity contribution in [2.45, 2.75) is 32.6 Å². The van der Waals surface area contributed by atoms with Crippen molar-refractivity contribution in [2.24, 2.45) is 0 Å². The molecule has 13 heavy (non-hydrogen) atoms. The van der Waals surface area contributed by atoms with E-state index in [0.717, 1.165) is 0 Å². The summed E-state index contributed by atoms with van der Waals surface area (Å²) in [7, 11) is 1.96. The minimum absolute atomic E-state index is 1.21. The largest absolute Gasteiger partial charge is 0.388 e. The summed E-state index contributed by atoms with van der Waals surface area (Å²) in [5, 5.41) is 3.16. The second-order valence-corrected chi connectivity index (χ2v) is 3.41. The fourth-order valence-electron chi connectivity index (χ4n) is 1.46. The van der Waals surface area contributed by atoms with Crippen LogP contribution in [-0.4, -0.2) is 7.05 Å². The number of hydrogen-bond acceptors (Lipinski definition) is 1. The van der Waals surface area contributed by atoms with Crippen LogP contribution in [-0.2, 0) is 6.42 Å². The van der Waals surface area contributed by atoms with Gasteiger partial charge in [-0.2, -0.15) is 0 Å². The Labute approximate surface area is 81.2 Å². The number of unbranched alkanes of at least 4 members (excludes halogenated alkanes) is 2. The Bertz CT molecular complexity index is 243.